The number of benzene rings is 3. The zero-order valence-electron chi connectivity index (χ0n) is 20.3. The number of imidazole rings is 1. The molecule has 5 heteroatoms. The smallest absolute Gasteiger partial charge is 0.251 e. The minimum atomic E-state index is -0.0872. The molecule has 1 heterocycles. The molecule has 0 fully saturated rings. The Morgan fingerprint density at radius 3 is 2.50 bits per heavy atom. The summed E-state index contributed by atoms with van der Waals surface area (Å²) in [5.41, 5.74) is 5.08. The lowest BCUT2D eigenvalue weighted by Crippen LogP contribution is -2.24. The normalized spacial score (nSPS) is 11.2. The van der Waals surface area contributed by atoms with E-state index in [1.807, 2.05) is 61.5 Å². The molecule has 0 aliphatic carbocycles. The fourth-order valence-corrected chi connectivity index (χ4v) is 4.12. The highest BCUT2D eigenvalue weighted by Gasteiger charge is 2.13. The summed E-state index contributed by atoms with van der Waals surface area (Å²) in [5, 5.41) is 3.03. The first-order valence-corrected chi connectivity index (χ1v) is 12.0. The molecular weight excluding hydrogens is 422 g/mol. The van der Waals surface area contributed by atoms with Crippen LogP contribution in [0.3, 0.4) is 0 Å². The van der Waals surface area contributed by atoms with Crippen LogP contribution in [0.2, 0.25) is 0 Å². The number of ether oxygens (including phenoxy) is 1. The number of aryl methyl sites for hydroxylation is 2. The largest absolute Gasteiger partial charge is 0.493 e. The minimum absolute atomic E-state index is 0.0872. The molecular formula is C29H33N3O2. The van der Waals surface area contributed by atoms with Crippen LogP contribution < -0.4 is 10.1 Å². The Balaban J connectivity index is 1.37. The highest BCUT2D eigenvalue weighted by Crippen LogP contribution is 2.26. The number of hydrogen-bond acceptors (Lipinski definition) is 3. The number of aromatic nitrogens is 2. The molecule has 3 aromatic carbocycles. The van der Waals surface area contributed by atoms with E-state index >= 15 is 0 Å². The van der Waals surface area contributed by atoms with Crippen LogP contribution in [0.15, 0.2) is 72.8 Å². The summed E-state index contributed by atoms with van der Waals surface area (Å²) in [4.78, 5) is 17.4. The molecule has 4 rings (SSSR count). The van der Waals surface area contributed by atoms with Gasteiger partial charge in [0, 0.05) is 12.1 Å². The van der Waals surface area contributed by atoms with E-state index in [-0.39, 0.29) is 5.91 Å². The van der Waals surface area contributed by atoms with Crippen LogP contribution in [0.4, 0.5) is 0 Å². The number of fused-ring (bicyclic) bond motifs is 1. The average Bonchev–Trinajstić information content (AvgIpc) is 3.20. The van der Waals surface area contributed by atoms with Crippen molar-refractivity contribution in [2.24, 2.45) is 0 Å². The minimum Gasteiger partial charge on any atom is -0.493 e. The second-order valence-electron chi connectivity index (χ2n) is 8.97. The number of nitrogens with one attached hydrogen (secondary N) is 1. The SMILES string of the molecule is Cc1ccc(C(=O)NCc2nc3ccccc3n2CCCCOc2ccccc2C(C)C)cc1. The molecule has 1 amide bonds. The summed E-state index contributed by atoms with van der Waals surface area (Å²) in [7, 11) is 0. The lowest BCUT2D eigenvalue weighted by Gasteiger charge is -2.14. The van der Waals surface area contributed by atoms with E-state index in [1.165, 1.54) is 5.56 Å². The second-order valence-corrected chi connectivity index (χ2v) is 8.97. The van der Waals surface area contributed by atoms with Crippen LogP contribution >= 0.6 is 0 Å². The molecule has 0 spiro atoms. The van der Waals surface area contributed by atoms with Crippen molar-refractivity contribution in [3.63, 3.8) is 0 Å². The molecule has 4 aromatic rings. The Kier molecular flexibility index (Phi) is 7.63. The van der Waals surface area contributed by atoms with Gasteiger partial charge in [0.2, 0.25) is 0 Å². The Labute approximate surface area is 201 Å². The molecule has 0 atom stereocenters. The quantitative estimate of drug-likeness (QED) is 0.287. The number of para-hydroxylation sites is 3. The maximum Gasteiger partial charge on any atom is 0.251 e. The van der Waals surface area contributed by atoms with E-state index in [0.717, 1.165) is 47.6 Å². The van der Waals surface area contributed by atoms with E-state index < -0.39 is 0 Å². The summed E-state index contributed by atoms with van der Waals surface area (Å²) in [6.07, 6.45) is 1.90. The van der Waals surface area contributed by atoms with E-state index in [4.69, 9.17) is 9.72 Å². The van der Waals surface area contributed by atoms with Crippen molar-refractivity contribution in [2.75, 3.05) is 6.61 Å². The van der Waals surface area contributed by atoms with E-state index in [0.29, 0.717) is 24.6 Å². The number of carbonyl (C=O) groups excluding carboxylic acids is 1. The Bertz CT molecular complexity index is 1240. The molecule has 34 heavy (non-hydrogen) atoms. The van der Waals surface area contributed by atoms with Crippen molar-refractivity contribution < 1.29 is 9.53 Å². The Morgan fingerprint density at radius 2 is 1.71 bits per heavy atom. The maximum absolute atomic E-state index is 12.6. The van der Waals surface area contributed by atoms with Crippen LogP contribution in [0.5, 0.6) is 5.75 Å². The van der Waals surface area contributed by atoms with Crippen molar-refractivity contribution in [3.05, 3.63) is 95.3 Å². The highest BCUT2D eigenvalue weighted by atomic mass is 16.5. The molecule has 0 saturated heterocycles. The van der Waals surface area contributed by atoms with Crippen LogP contribution in [0, 0.1) is 6.92 Å². The molecule has 0 saturated carbocycles. The highest BCUT2D eigenvalue weighted by molar-refractivity contribution is 5.94. The molecule has 1 aromatic heterocycles. The Morgan fingerprint density at radius 1 is 0.971 bits per heavy atom. The first kappa shape index (κ1) is 23.6. The lowest BCUT2D eigenvalue weighted by atomic mass is 10.0. The van der Waals surface area contributed by atoms with E-state index in [2.05, 4.69) is 41.9 Å². The average molecular weight is 456 g/mol. The van der Waals surface area contributed by atoms with Gasteiger partial charge in [-0.2, -0.15) is 0 Å². The summed E-state index contributed by atoms with van der Waals surface area (Å²) >= 11 is 0. The van der Waals surface area contributed by atoms with Crippen molar-refractivity contribution >= 4 is 16.9 Å². The topological polar surface area (TPSA) is 56.2 Å². The van der Waals surface area contributed by atoms with Crippen LogP contribution in [-0.2, 0) is 13.1 Å². The third-order valence-corrected chi connectivity index (χ3v) is 6.03. The van der Waals surface area contributed by atoms with Gasteiger partial charge in [-0.05, 0) is 61.6 Å². The van der Waals surface area contributed by atoms with Crippen molar-refractivity contribution in [1.82, 2.24) is 14.9 Å². The predicted molar refractivity (Wildman–Crippen MR) is 137 cm³/mol. The van der Waals surface area contributed by atoms with Gasteiger partial charge in [0.25, 0.3) is 5.91 Å². The zero-order valence-corrected chi connectivity index (χ0v) is 20.3. The van der Waals surface area contributed by atoms with Gasteiger partial charge in [-0.25, -0.2) is 4.98 Å². The van der Waals surface area contributed by atoms with Crippen molar-refractivity contribution in [2.45, 2.75) is 52.6 Å². The summed E-state index contributed by atoms with van der Waals surface area (Å²) < 4.78 is 8.31. The first-order valence-electron chi connectivity index (χ1n) is 12.0. The summed E-state index contributed by atoms with van der Waals surface area (Å²) in [5.74, 6) is 2.19. The number of hydrogen-bond donors (Lipinski definition) is 1. The van der Waals surface area contributed by atoms with Gasteiger partial charge >= 0.3 is 0 Å². The van der Waals surface area contributed by atoms with Crippen LogP contribution in [0.25, 0.3) is 11.0 Å². The van der Waals surface area contributed by atoms with Gasteiger partial charge in [-0.3, -0.25) is 4.79 Å². The van der Waals surface area contributed by atoms with Gasteiger partial charge in [0.05, 0.1) is 24.2 Å². The number of rotatable bonds is 10. The molecule has 0 radical (unpaired) electrons. The molecule has 5 nitrogen and oxygen atoms in total. The van der Waals surface area contributed by atoms with Gasteiger partial charge in [-0.15, -0.1) is 0 Å². The second kappa shape index (κ2) is 11.0. The third kappa shape index (κ3) is 5.66. The monoisotopic (exact) mass is 455 g/mol. The molecule has 0 aliphatic heterocycles. The third-order valence-electron chi connectivity index (χ3n) is 6.03. The number of unbranched alkanes of at least 4 members (excludes halogenated alkanes) is 1. The molecule has 1 N–H and O–H groups in total. The van der Waals surface area contributed by atoms with Gasteiger partial charge in [0.15, 0.2) is 0 Å². The molecule has 0 unspecified atom stereocenters. The molecule has 0 bridgehead atoms. The van der Waals surface area contributed by atoms with Crippen molar-refractivity contribution in [1.29, 1.82) is 0 Å². The number of nitrogens with zero attached hydrogens (tertiary/aromatic N) is 2. The van der Waals surface area contributed by atoms with Crippen LogP contribution in [-0.4, -0.2) is 22.1 Å². The van der Waals surface area contributed by atoms with Crippen molar-refractivity contribution in [3.8, 4) is 5.75 Å². The predicted octanol–water partition coefficient (Wildman–Crippen LogP) is 6.26. The van der Waals surface area contributed by atoms with Crippen LogP contribution in [0.1, 0.15) is 59.9 Å². The number of carbonyl (C=O) groups is 1. The zero-order chi connectivity index (χ0) is 23.9. The standard InChI is InChI=1S/C29H33N3O2/c1-21(2)24-10-4-7-13-27(24)34-19-9-8-18-32-26-12-6-5-11-25(26)31-28(32)20-30-29(33)23-16-14-22(3)15-17-23/h4-7,10-17,21H,8-9,18-20H2,1-3H3,(H,30,33). The number of amides is 1. The van der Waals surface area contributed by atoms with E-state index in [9.17, 15) is 4.79 Å². The molecule has 176 valence electrons. The van der Waals surface area contributed by atoms with Gasteiger partial charge in [0.1, 0.15) is 11.6 Å². The summed E-state index contributed by atoms with van der Waals surface area (Å²) in [6, 6.07) is 24.0. The molecule has 0 aliphatic rings. The summed E-state index contributed by atoms with van der Waals surface area (Å²) in [6.45, 7) is 8.27. The fourth-order valence-electron chi connectivity index (χ4n) is 4.12. The van der Waals surface area contributed by atoms with Gasteiger partial charge < -0.3 is 14.6 Å². The van der Waals surface area contributed by atoms with Gasteiger partial charge in [-0.1, -0.05) is 61.9 Å². The van der Waals surface area contributed by atoms with E-state index in [1.54, 1.807) is 0 Å². The maximum atomic E-state index is 12.6. The first-order chi connectivity index (χ1) is 16.5. The Hall–Kier alpha value is -3.60. The lowest BCUT2D eigenvalue weighted by molar-refractivity contribution is 0.0949. The fraction of sp³-hybridized carbons (Fsp3) is 0.310.